The molecule has 0 radical (unpaired) electrons. The number of benzene rings is 1. The van der Waals surface area contributed by atoms with Gasteiger partial charge in [0.2, 0.25) is 0 Å². The number of aryl methyl sites for hydroxylation is 1. The van der Waals surface area contributed by atoms with Gasteiger partial charge in [-0.05, 0) is 56.0 Å². The number of H-pyrrole nitrogens is 1. The lowest BCUT2D eigenvalue weighted by Gasteiger charge is -2.25. The first-order chi connectivity index (χ1) is 12.9. The van der Waals surface area contributed by atoms with Crippen LogP contribution in [0, 0.1) is 6.92 Å². The van der Waals surface area contributed by atoms with Crippen LogP contribution in [0.5, 0.6) is 0 Å². The number of rotatable bonds is 6. The monoisotopic (exact) mass is 385 g/mol. The maximum Gasteiger partial charge on any atom is 0.337 e. The minimum absolute atomic E-state index is 0.206. The van der Waals surface area contributed by atoms with Crippen molar-refractivity contribution in [1.82, 2.24) is 14.9 Å². The van der Waals surface area contributed by atoms with E-state index in [1.807, 2.05) is 0 Å². The second-order valence-electron chi connectivity index (χ2n) is 6.76. The van der Waals surface area contributed by atoms with Crippen LogP contribution < -0.4 is 5.56 Å². The molecule has 0 spiro atoms. The molecule has 2 heterocycles. The van der Waals surface area contributed by atoms with E-state index in [0.29, 0.717) is 28.8 Å². The van der Waals surface area contributed by atoms with Crippen molar-refractivity contribution >= 4 is 28.2 Å². The number of nitrogens with zero attached hydrogens (tertiary/aromatic N) is 2. The van der Waals surface area contributed by atoms with E-state index in [9.17, 15) is 9.59 Å². The van der Waals surface area contributed by atoms with Crippen molar-refractivity contribution in [3.05, 3.63) is 61.8 Å². The second kappa shape index (κ2) is 8.02. The summed E-state index contributed by atoms with van der Waals surface area (Å²) in [6, 6.07) is 7.18. The lowest BCUT2D eigenvalue weighted by atomic mass is 10.1. The van der Waals surface area contributed by atoms with Crippen molar-refractivity contribution in [1.29, 1.82) is 0 Å². The highest BCUT2D eigenvalue weighted by Crippen LogP contribution is 2.20. The van der Waals surface area contributed by atoms with Crippen molar-refractivity contribution in [2.24, 2.45) is 0 Å². The number of aromatic amines is 1. The standard InChI is InChI=1S/C20H23N3O3S/c1-12(2)23(10-17-13(3)7-8-27-17)11-18-21-16-9-14(20(25)26-4)5-6-15(16)19(24)22-18/h5-9,12H,10-11H2,1-4H3,(H,21,22,24). The third kappa shape index (κ3) is 4.26. The van der Waals surface area contributed by atoms with Crippen LogP contribution in [-0.2, 0) is 17.8 Å². The number of aromatic nitrogens is 2. The zero-order valence-electron chi connectivity index (χ0n) is 15.9. The molecule has 6 nitrogen and oxygen atoms in total. The van der Waals surface area contributed by atoms with Crippen molar-refractivity contribution in [3.8, 4) is 0 Å². The van der Waals surface area contributed by atoms with Gasteiger partial charge < -0.3 is 9.72 Å². The molecule has 142 valence electrons. The zero-order chi connectivity index (χ0) is 19.6. The summed E-state index contributed by atoms with van der Waals surface area (Å²) in [7, 11) is 1.33. The average Bonchev–Trinajstić information content (AvgIpc) is 3.04. The van der Waals surface area contributed by atoms with E-state index < -0.39 is 5.97 Å². The Balaban J connectivity index is 1.93. The molecule has 0 amide bonds. The molecule has 0 aliphatic carbocycles. The lowest BCUT2D eigenvalue weighted by Crippen LogP contribution is -2.31. The first kappa shape index (κ1) is 19.3. The molecule has 7 heteroatoms. The fourth-order valence-corrected chi connectivity index (χ4v) is 3.80. The van der Waals surface area contributed by atoms with Gasteiger partial charge in [0.1, 0.15) is 5.82 Å². The summed E-state index contributed by atoms with van der Waals surface area (Å²) >= 11 is 1.73. The summed E-state index contributed by atoms with van der Waals surface area (Å²) in [5.41, 5.74) is 1.94. The number of hydrogen-bond donors (Lipinski definition) is 1. The highest BCUT2D eigenvalue weighted by molar-refractivity contribution is 7.10. The van der Waals surface area contributed by atoms with Crippen LogP contribution in [0.2, 0.25) is 0 Å². The van der Waals surface area contributed by atoms with E-state index in [0.717, 1.165) is 6.54 Å². The highest BCUT2D eigenvalue weighted by Gasteiger charge is 2.16. The van der Waals surface area contributed by atoms with Crippen molar-refractivity contribution < 1.29 is 9.53 Å². The Morgan fingerprint density at radius 2 is 2.07 bits per heavy atom. The van der Waals surface area contributed by atoms with Crippen molar-refractivity contribution in [2.45, 2.75) is 39.9 Å². The number of methoxy groups -OCH3 is 1. The molecule has 0 atom stereocenters. The summed E-state index contributed by atoms with van der Waals surface area (Å²) in [5, 5.41) is 2.55. The maximum absolute atomic E-state index is 12.4. The van der Waals surface area contributed by atoms with Crippen LogP contribution >= 0.6 is 11.3 Å². The number of carbonyl (C=O) groups excluding carboxylic acids is 1. The Morgan fingerprint density at radius 1 is 1.30 bits per heavy atom. The normalized spacial score (nSPS) is 11.5. The number of fused-ring (bicyclic) bond motifs is 1. The number of carbonyl (C=O) groups is 1. The fraction of sp³-hybridized carbons (Fsp3) is 0.350. The van der Waals surface area contributed by atoms with E-state index in [4.69, 9.17) is 4.74 Å². The number of thiophene rings is 1. The lowest BCUT2D eigenvalue weighted by molar-refractivity contribution is 0.0601. The molecule has 2 aromatic heterocycles. The summed E-state index contributed by atoms with van der Waals surface area (Å²) in [5.74, 6) is 0.134. The smallest absolute Gasteiger partial charge is 0.337 e. The van der Waals surface area contributed by atoms with Crippen molar-refractivity contribution in [3.63, 3.8) is 0 Å². The molecule has 3 rings (SSSR count). The highest BCUT2D eigenvalue weighted by atomic mass is 32.1. The third-order valence-electron chi connectivity index (χ3n) is 4.57. The summed E-state index contributed by atoms with van der Waals surface area (Å²) < 4.78 is 4.75. The molecule has 0 fully saturated rings. The molecule has 0 unspecified atom stereocenters. The molecule has 1 N–H and O–H groups in total. The van der Waals surface area contributed by atoms with E-state index >= 15 is 0 Å². The molecule has 0 aliphatic heterocycles. The fourth-order valence-electron chi connectivity index (χ4n) is 2.87. The predicted molar refractivity (Wildman–Crippen MR) is 107 cm³/mol. The SMILES string of the molecule is COC(=O)c1ccc2c(=O)[nH]c(CN(Cc3sccc3C)C(C)C)nc2c1. The molecule has 3 aromatic rings. The van der Waals surface area contributed by atoms with Crippen molar-refractivity contribution in [2.75, 3.05) is 7.11 Å². The molecule has 27 heavy (non-hydrogen) atoms. The van der Waals surface area contributed by atoms with Gasteiger partial charge in [0.15, 0.2) is 0 Å². The van der Waals surface area contributed by atoms with E-state index in [-0.39, 0.29) is 11.6 Å². The van der Waals surface area contributed by atoms with Crippen LogP contribution in [0.15, 0.2) is 34.4 Å². The van der Waals surface area contributed by atoms with Gasteiger partial charge in [-0.25, -0.2) is 9.78 Å². The second-order valence-corrected chi connectivity index (χ2v) is 7.76. The zero-order valence-corrected chi connectivity index (χ0v) is 16.7. The summed E-state index contributed by atoms with van der Waals surface area (Å²) in [6.07, 6.45) is 0. The quantitative estimate of drug-likeness (QED) is 0.658. The third-order valence-corrected chi connectivity index (χ3v) is 5.58. The maximum atomic E-state index is 12.4. The first-order valence-electron chi connectivity index (χ1n) is 8.77. The minimum Gasteiger partial charge on any atom is -0.465 e. The number of esters is 1. The largest absolute Gasteiger partial charge is 0.465 e. The average molecular weight is 385 g/mol. The van der Waals surface area contributed by atoms with Gasteiger partial charge in [-0.2, -0.15) is 0 Å². The van der Waals surface area contributed by atoms with E-state index in [1.165, 1.54) is 17.6 Å². The summed E-state index contributed by atoms with van der Waals surface area (Å²) in [6.45, 7) is 7.66. The molecular weight excluding hydrogens is 362 g/mol. The molecule has 0 saturated heterocycles. The van der Waals surface area contributed by atoms with Gasteiger partial charge in [-0.15, -0.1) is 11.3 Å². The van der Waals surface area contributed by atoms with Gasteiger partial charge >= 0.3 is 5.97 Å². The molecular formula is C20H23N3O3S. The first-order valence-corrected chi connectivity index (χ1v) is 9.65. The Morgan fingerprint density at radius 3 is 2.70 bits per heavy atom. The van der Waals surface area contributed by atoms with E-state index in [2.05, 4.69) is 47.1 Å². The number of ether oxygens (including phenoxy) is 1. The van der Waals surface area contributed by atoms with Crippen LogP contribution in [0.1, 0.15) is 40.5 Å². The number of hydrogen-bond acceptors (Lipinski definition) is 6. The topological polar surface area (TPSA) is 75.3 Å². The molecule has 0 bridgehead atoms. The van der Waals surface area contributed by atoms with E-state index in [1.54, 1.807) is 29.5 Å². The minimum atomic E-state index is -0.447. The van der Waals surface area contributed by atoms with Gasteiger partial charge in [-0.3, -0.25) is 9.69 Å². The number of nitrogens with one attached hydrogen (secondary N) is 1. The van der Waals surface area contributed by atoms with Crippen LogP contribution in [-0.4, -0.2) is 34.0 Å². The Labute approximate surface area is 161 Å². The Kier molecular flexibility index (Phi) is 5.72. The van der Waals surface area contributed by atoms with Crippen LogP contribution in [0.25, 0.3) is 10.9 Å². The Hall–Kier alpha value is -2.51. The van der Waals surface area contributed by atoms with Gasteiger partial charge in [0.05, 0.1) is 30.1 Å². The Bertz CT molecular complexity index is 1020. The van der Waals surface area contributed by atoms with Gasteiger partial charge in [-0.1, -0.05) is 0 Å². The molecule has 1 aromatic carbocycles. The van der Waals surface area contributed by atoms with Crippen LogP contribution in [0.3, 0.4) is 0 Å². The molecule has 0 aliphatic rings. The van der Waals surface area contributed by atoms with Gasteiger partial charge in [0, 0.05) is 17.5 Å². The van der Waals surface area contributed by atoms with Crippen LogP contribution in [0.4, 0.5) is 0 Å². The molecule has 0 saturated carbocycles. The summed E-state index contributed by atoms with van der Waals surface area (Å²) in [4.78, 5) is 35.2. The van der Waals surface area contributed by atoms with Gasteiger partial charge in [0.25, 0.3) is 5.56 Å². The predicted octanol–water partition coefficient (Wildman–Crippen LogP) is 3.49.